The number of anilines is 1. The Kier molecular flexibility index (Phi) is 6.23. The van der Waals surface area contributed by atoms with E-state index in [4.69, 9.17) is 9.47 Å². The molecule has 0 bridgehead atoms. The van der Waals surface area contributed by atoms with Crippen molar-refractivity contribution >= 4 is 32.6 Å². The average Bonchev–Trinajstić information content (AvgIpc) is 3.05. The predicted octanol–water partition coefficient (Wildman–Crippen LogP) is 1.35. The van der Waals surface area contributed by atoms with Crippen molar-refractivity contribution in [3.05, 3.63) is 18.2 Å². The fourth-order valence-electron chi connectivity index (χ4n) is 2.99. The van der Waals surface area contributed by atoms with Crippen LogP contribution in [0.15, 0.2) is 18.2 Å². The van der Waals surface area contributed by atoms with Crippen LogP contribution in [-0.4, -0.2) is 57.4 Å². The summed E-state index contributed by atoms with van der Waals surface area (Å²) in [5.41, 5.74) is 0.911. The Labute approximate surface area is 152 Å². The molecule has 1 aliphatic heterocycles. The molecule has 1 amide bonds. The molecule has 0 aliphatic carbocycles. The topological polar surface area (TPSA) is 56.1 Å². The van der Waals surface area contributed by atoms with E-state index in [1.807, 2.05) is 30.0 Å². The molecule has 136 valence electrons. The van der Waals surface area contributed by atoms with Gasteiger partial charge in [-0.2, -0.15) is 0 Å². The number of aromatic nitrogens is 1. The Balaban J connectivity index is 1.78. The second-order valence-electron chi connectivity index (χ2n) is 6.24. The van der Waals surface area contributed by atoms with Crippen molar-refractivity contribution < 1.29 is 19.2 Å². The molecule has 1 aromatic carbocycles. The number of rotatable bonds is 7. The van der Waals surface area contributed by atoms with E-state index in [0.717, 1.165) is 60.4 Å². The smallest absolute Gasteiger partial charge is 0.228 e. The molecular weight excluding hydrogens is 338 g/mol. The van der Waals surface area contributed by atoms with Gasteiger partial charge in [-0.1, -0.05) is 18.3 Å². The second-order valence-corrected chi connectivity index (χ2v) is 7.25. The highest BCUT2D eigenvalue weighted by Gasteiger charge is 2.22. The quantitative estimate of drug-likeness (QED) is 0.806. The number of hydrogen-bond donors (Lipinski definition) is 1. The van der Waals surface area contributed by atoms with Crippen molar-refractivity contribution in [2.75, 3.05) is 51.4 Å². The summed E-state index contributed by atoms with van der Waals surface area (Å²) in [4.78, 5) is 20.7. The molecule has 0 saturated carbocycles. The molecule has 2 aromatic rings. The number of amides is 1. The van der Waals surface area contributed by atoms with E-state index >= 15 is 0 Å². The van der Waals surface area contributed by atoms with Crippen molar-refractivity contribution in [2.24, 2.45) is 0 Å². The fourth-order valence-corrected chi connectivity index (χ4v) is 4.03. The number of quaternary nitrogens is 1. The molecular formula is C18H26N3O3S+. The average molecular weight is 364 g/mol. The van der Waals surface area contributed by atoms with Crippen molar-refractivity contribution in [3.63, 3.8) is 0 Å². The number of morpholine rings is 1. The molecule has 3 rings (SSSR count). The van der Waals surface area contributed by atoms with Gasteiger partial charge in [-0.05, 0) is 24.6 Å². The summed E-state index contributed by atoms with van der Waals surface area (Å²) in [5.74, 6) is 0.966. The van der Waals surface area contributed by atoms with Crippen LogP contribution in [0.3, 0.4) is 0 Å². The summed E-state index contributed by atoms with van der Waals surface area (Å²) in [6.45, 7) is 7.29. The van der Waals surface area contributed by atoms with Crippen molar-refractivity contribution in [1.29, 1.82) is 0 Å². The third-order valence-electron chi connectivity index (χ3n) is 4.47. The third-order valence-corrected chi connectivity index (χ3v) is 5.51. The Morgan fingerprint density at radius 3 is 2.92 bits per heavy atom. The largest absolute Gasteiger partial charge is 0.497 e. The minimum atomic E-state index is 0.154. The van der Waals surface area contributed by atoms with E-state index in [1.54, 1.807) is 18.4 Å². The van der Waals surface area contributed by atoms with Crippen LogP contribution >= 0.6 is 11.3 Å². The Bertz CT molecular complexity index is 713. The number of carbonyl (C=O) groups excluding carboxylic acids is 1. The van der Waals surface area contributed by atoms with Crippen molar-refractivity contribution in [1.82, 2.24) is 4.98 Å². The van der Waals surface area contributed by atoms with Gasteiger partial charge in [-0.15, -0.1) is 0 Å². The maximum atomic E-state index is 12.7. The van der Waals surface area contributed by atoms with Crippen molar-refractivity contribution in [3.8, 4) is 5.75 Å². The summed E-state index contributed by atoms with van der Waals surface area (Å²) >= 11 is 1.56. The number of ether oxygens (including phenoxy) is 2. The van der Waals surface area contributed by atoms with E-state index in [-0.39, 0.29) is 5.91 Å². The fraction of sp³-hybridized carbons (Fsp3) is 0.556. The number of nitrogens with zero attached hydrogens (tertiary/aromatic N) is 2. The van der Waals surface area contributed by atoms with Crippen LogP contribution in [0, 0.1) is 0 Å². The van der Waals surface area contributed by atoms with Gasteiger partial charge in [0.2, 0.25) is 5.91 Å². The summed E-state index contributed by atoms with van der Waals surface area (Å²) in [5, 5.41) is 0.786. The van der Waals surface area contributed by atoms with Crippen molar-refractivity contribution in [2.45, 2.75) is 19.8 Å². The first-order valence-corrected chi connectivity index (χ1v) is 9.69. The predicted molar refractivity (Wildman–Crippen MR) is 99.8 cm³/mol. The SMILES string of the molecule is CCCC(=O)N(CC[NH+]1CCOCC1)c1nc2ccc(OC)cc2s1. The summed E-state index contributed by atoms with van der Waals surface area (Å²) in [7, 11) is 1.66. The summed E-state index contributed by atoms with van der Waals surface area (Å²) < 4.78 is 11.7. The number of carbonyl (C=O) groups is 1. The number of benzene rings is 1. The van der Waals surface area contributed by atoms with Gasteiger partial charge >= 0.3 is 0 Å². The van der Waals surface area contributed by atoms with Crippen LogP contribution in [0.4, 0.5) is 5.13 Å². The molecule has 1 fully saturated rings. The molecule has 6 nitrogen and oxygen atoms in total. The van der Waals surface area contributed by atoms with Gasteiger partial charge in [0.05, 0.1) is 43.6 Å². The van der Waals surface area contributed by atoms with Gasteiger partial charge in [0, 0.05) is 6.42 Å². The maximum absolute atomic E-state index is 12.7. The zero-order chi connectivity index (χ0) is 17.6. The van der Waals surface area contributed by atoms with E-state index in [0.29, 0.717) is 13.0 Å². The molecule has 1 aromatic heterocycles. The lowest BCUT2D eigenvalue weighted by atomic mass is 10.3. The normalized spacial score (nSPS) is 15.4. The Morgan fingerprint density at radius 2 is 2.20 bits per heavy atom. The first-order valence-electron chi connectivity index (χ1n) is 8.87. The van der Waals surface area contributed by atoms with E-state index in [1.165, 1.54) is 4.90 Å². The first-order chi connectivity index (χ1) is 12.2. The minimum Gasteiger partial charge on any atom is -0.497 e. The summed E-state index contributed by atoms with van der Waals surface area (Å²) in [6, 6.07) is 5.83. The molecule has 1 saturated heterocycles. The van der Waals surface area contributed by atoms with Gasteiger partial charge in [-0.25, -0.2) is 4.98 Å². The van der Waals surface area contributed by atoms with E-state index in [9.17, 15) is 4.79 Å². The molecule has 0 spiro atoms. The molecule has 0 radical (unpaired) electrons. The number of fused-ring (bicyclic) bond motifs is 1. The molecule has 0 unspecified atom stereocenters. The van der Waals surface area contributed by atoms with Crippen LogP contribution in [0.1, 0.15) is 19.8 Å². The molecule has 0 atom stereocenters. The van der Waals surface area contributed by atoms with E-state index < -0.39 is 0 Å². The highest BCUT2D eigenvalue weighted by atomic mass is 32.1. The standard InChI is InChI=1S/C18H25N3O3S/c1-3-4-17(22)21(8-7-20-9-11-24-12-10-20)18-19-15-6-5-14(23-2)13-16(15)25-18/h5-6,13H,3-4,7-12H2,1-2H3/p+1. The molecule has 1 aliphatic rings. The molecule has 25 heavy (non-hydrogen) atoms. The van der Waals surface area contributed by atoms with Crippen LogP contribution in [0.5, 0.6) is 5.75 Å². The first kappa shape index (κ1) is 18.1. The zero-order valence-corrected chi connectivity index (χ0v) is 15.7. The summed E-state index contributed by atoms with van der Waals surface area (Å²) in [6.07, 6.45) is 1.40. The number of methoxy groups -OCH3 is 1. The molecule has 7 heteroatoms. The van der Waals surface area contributed by atoms with Gasteiger partial charge in [0.25, 0.3) is 0 Å². The van der Waals surface area contributed by atoms with Gasteiger partial charge in [0.1, 0.15) is 18.8 Å². The van der Waals surface area contributed by atoms with Gasteiger partial charge < -0.3 is 14.4 Å². The zero-order valence-electron chi connectivity index (χ0n) is 14.9. The van der Waals surface area contributed by atoms with E-state index in [2.05, 4.69) is 4.98 Å². The number of thiazole rings is 1. The maximum Gasteiger partial charge on any atom is 0.228 e. The Hall–Kier alpha value is -1.70. The second kappa shape index (κ2) is 8.60. The highest BCUT2D eigenvalue weighted by molar-refractivity contribution is 7.22. The number of hydrogen-bond acceptors (Lipinski definition) is 5. The van der Waals surface area contributed by atoms with Crippen LogP contribution in [0.2, 0.25) is 0 Å². The lowest BCUT2D eigenvalue weighted by Gasteiger charge is -2.26. The van der Waals surface area contributed by atoms with Crippen LogP contribution in [0.25, 0.3) is 10.2 Å². The Morgan fingerprint density at radius 1 is 1.40 bits per heavy atom. The lowest BCUT2D eigenvalue weighted by molar-refractivity contribution is -0.906. The monoisotopic (exact) mass is 364 g/mol. The number of nitrogens with one attached hydrogen (secondary N) is 1. The van der Waals surface area contributed by atoms with Crippen LogP contribution < -0.4 is 14.5 Å². The molecule has 2 heterocycles. The van der Waals surface area contributed by atoms with Gasteiger partial charge in [-0.3, -0.25) is 9.69 Å². The molecule has 1 N–H and O–H groups in total. The minimum absolute atomic E-state index is 0.154. The van der Waals surface area contributed by atoms with Gasteiger partial charge in [0.15, 0.2) is 5.13 Å². The van der Waals surface area contributed by atoms with Crippen LogP contribution in [-0.2, 0) is 9.53 Å². The lowest BCUT2D eigenvalue weighted by Crippen LogP contribution is -3.14. The highest BCUT2D eigenvalue weighted by Crippen LogP contribution is 2.31. The third kappa shape index (κ3) is 4.48.